The zero-order valence-electron chi connectivity index (χ0n) is 13.3. The summed E-state index contributed by atoms with van der Waals surface area (Å²) in [6.07, 6.45) is 0. The Morgan fingerprint density at radius 3 is 2.96 bits per heavy atom. The van der Waals surface area contributed by atoms with Gasteiger partial charge in [-0.3, -0.25) is 14.4 Å². The van der Waals surface area contributed by atoms with Crippen LogP contribution >= 0.6 is 11.3 Å². The van der Waals surface area contributed by atoms with Crippen molar-refractivity contribution >= 4 is 17.2 Å². The summed E-state index contributed by atoms with van der Waals surface area (Å²) >= 11 is 1.63. The predicted octanol–water partition coefficient (Wildman–Crippen LogP) is 1.69. The number of morpholine rings is 1. The van der Waals surface area contributed by atoms with Crippen LogP contribution < -0.4 is 5.32 Å². The highest BCUT2D eigenvalue weighted by molar-refractivity contribution is 7.08. The maximum atomic E-state index is 12.4. The second kappa shape index (κ2) is 7.72. The van der Waals surface area contributed by atoms with E-state index in [1.54, 1.807) is 16.0 Å². The number of aromatic nitrogens is 2. The number of carbonyl (C=O) groups is 1. The van der Waals surface area contributed by atoms with Crippen LogP contribution in [0.25, 0.3) is 11.3 Å². The Bertz CT molecular complexity index is 633. The first-order valence-electron chi connectivity index (χ1n) is 7.96. The Morgan fingerprint density at radius 1 is 1.43 bits per heavy atom. The summed E-state index contributed by atoms with van der Waals surface area (Å²) in [6.45, 7) is 7.59. The van der Waals surface area contributed by atoms with E-state index in [0.29, 0.717) is 18.8 Å². The van der Waals surface area contributed by atoms with Crippen molar-refractivity contribution < 1.29 is 9.53 Å². The zero-order chi connectivity index (χ0) is 16.1. The van der Waals surface area contributed by atoms with Crippen LogP contribution in [-0.2, 0) is 11.3 Å². The standard InChI is InChI=1S/C16H22N4O2S/c1-2-20-15(11-14(18-20)13-3-10-23-12-13)16(21)17-4-5-19-6-8-22-9-7-19/h3,10-12H,2,4-9H2,1H3,(H,17,21). The minimum absolute atomic E-state index is 0.0610. The fourth-order valence-electron chi connectivity index (χ4n) is 2.63. The van der Waals surface area contributed by atoms with E-state index in [9.17, 15) is 4.79 Å². The van der Waals surface area contributed by atoms with Crippen LogP contribution in [0, 0.1) is 0 Å². The number of nitrogens with one attached hydrogen (secondary N) is 1. The normalized spacial score (nSPS) is 15.7. The molecule has 0 aliphatic carbocycles. The average molecular weight is 334 g/mol. The lowest BCUT2D eigenvalue weighted by atomic mass is 10.2. The highest BCUT2D eigenvalue weighted by Crippen LogP contribution is 2.21. The molecule has 1 aliphatic heterocycles. The number of aryl methyl sites for hydroxylation is 1. The Morgan fingerprint density at radius 2 is 2.26 bits per heavy atom. The number of carbonyl (C=O) groups excluding carboxylic acids is 1. The lowest BCUT2D eigenvalue weighted by molar-refractivity contribution is 0.0383. The molecule has 7 heteroatoms. The fourth-order valence-corrected chi connectivity index (χ4v) is 3.28. The van der Waals surface area contributed by atoms with E-state index in [2.05, 4.69) is 15.3 Å². The van der Waals surface area contributed by atoms with Gasteiger partial charge in [-0.05, 0) is 24.4 Å². The molecule has 0 bridgehead atoms. The molecule has 0 aromatic carbocycles. The Balaban J connectivity index is 1.60. The topological polar surface area (TPSA) is 59.4 Å². The molecule has 0 radical (unpaired) electrons. The first-order chi connectivity index (χ1) is 11.3. The number of amides is 1. The van der Waals surface area contributed by atoms with Crippen LogP contribution in [0.5, 0.6) is 0 Å². The van der Waals surface area contributed by atoms with Crippen molar-refractivity contribution in [3.05, 3.63) is 28.6 Å². The molecule has 1 N–H and O–H groups in total. The molecule has 1 saturated heterocycles. The van der Waals surface area contributed by atoms with Gasteiger partial charge < -0.3 is 10.1 Å². The number of nitrogens with zero attached hydrogens (tertiary/aromatic N) is 3. The van der Waals surface area contributed by atoms with Crippen molar-refractivity contribution in [1.82, 2.24) is 20.0 Å². The molecule has 0 saturated carbocycles. The van der Waals surface area contributed by atoms with Gasteiger partial charge >= 0.3 is 0 Å². The number of hydrogen-bond donors (Lipinski definition) is 1. The molecule has 6 nitrogen and oxygen atoms in total. The van der Waals surface area contributed by atoms with Crippen molar-refractivity contribution in [2.45, 2.75) is 13.5 Å². The summed E-state index contributed by atoms with van der Waals surface area (Å²) in [4.78, 5) is 14.7. The predicted molar refractivity (Wildman–Crippen MR) is 90.8 cm³/mol. The lowest BCUT2D eigenvalue weighted by Crippen LogP contribution is -2.41. The van der Waals surface area contributed by atoms with Gasteiger partial charge in [-0.25, -0.2) is 0 Å². The Hall–Kier alpha value is -1.70. The minimum Gasteiger partial charge on any atom is -0.379 e. The summed E-state index contributed by atoms with van der Waals surface area (Å²) in [7, 11) is 0. The molecule has 2 aromatic rings. The van der Waals surface area contributed by atoms with Crippen LogP contribution in [0.3, 0.4) is 0 Å². The second-order valence-corrected chi connectivity index (χ2v) is 6.23. The molecule has 3 rings (SSSR count). The van der Waals surface area contributed by atoms with Crippen LogP contribution in [0.1, 0.15) is 17.4 Å². The third-order valence-electron chi connectivity index (χ3n) is 3.95. The van der Waals surface area contributed by atoms with Gasteiger partial charge in [-0.15, -0.1) is 0 Å². The fraction of sp³-hybridized carbons (Fsp3) is 0.500. The van der Waals surface area contributed by atoms with E-state index < -0.39 is 0 Å². The number of ether oxygens (including phenoxy) is 1. The van der Waals surface area contributed by atoms with Gasteiger partial charge in [0.2, 0.25) is 0 Å². The van der Waals surface area contributed by atoms with Crippen LogP contribution in [0.2, 0.25) is 0 Å². The Labute approximate surface area is 140 Å². The van der Waals surface area contributed by atoms with E-state index in [1.807, 2.05) is 29.8 Å². The maximum Gasteiger partial charge on any atom is 0.269 e. The minimum atomic E-state index is -0.0610. The smallest absolute Gasteiger partial charge is 0.269 e. The van der Waals surface area contributed by atoms with Crippen LogP contribution in [0.15, 0.2) is 22.9 Å². The van der Waals surface area contributed by atoms with Gasteiger partial charge in [0.05, 0.1) is 18.9 Å². The highest BCUT2D eigenvalue weighted by Gasteiger charge is 2.16. The molecule has 0 unspecified atom stereocenters. The van der Waals surface area contributed by atoms with E-state index in [0.717, 1.165) is 44.1 Å². The van der Waals surface area contributed by atoms with Crippen LogP contribution in [-0.4, -0.2) is 60.0 Å². The largest absolute Gasteiger partial charge is 0.379 e. The molecule has 1 amide bonds. The molecular weight excluding hydrogens is 312 g/mol. The van der Waals surface area contributed by atoms with Gasteiger partial charge in [-0.2, -0.15) is 16.4 Å². The monoisotopic (exact) mass is 334 g/mol. The summed E-state index contributed by atoms with van der Waals surface area (Å²) in [5, 5.41) is 11.6. The molecule has 1 aliphatic rings. The molecule has 0 spiro atoms. The van der Waals surface area contributed by atoms with E-state index in [4.69, 9.17) is 4.74 Å². The maximum absolute atomic E-state index is 12.4. The number of thiophene rings is 1. The van der Waals surface area contributed by atoms with Crippen molar-refractivity contribution in [2.75, 3.05) is 39.4 Å². The SMILES string of the molecule is CCn1nc(-c2ccsc2)cc1C(=O)NCCN1CCOCC1. The first-order valence-corrected chi connectivity index (χ1v) is 8.91. The van der Waals surface area contributed by atoms with E-state index >= 15 is 0 Å². The first kappa shape index (κ1) is 16.2. The van der Waals surface area contributed by atoms with E-state index in [-0.39, 0.29) is 5.91 Å². The van der Waals surface area contributed by atoms with E-state index in [1.165, 1.54) is 0 Å². The van der Waals surface area contributed by atoms with Gasteiger partial charge in [-0.1, -0.05) is 0 Å². The summed E-state index contributed by atoms with van der Waals surface area (Å²) in [6, 6.07) is 3.89. The quantitative estimate of drug-likeness (QED) is 0.873. The van der Waals surface area contributed by atoms with Crippen LogP contribution in [0.4, 0.5) is 0 Å². The average Bonchev–Trinajstić information content (AvgIpc) is 3.25. The summed E-state index contributed by atoms with van der Waals surface area (Å²) < 4.78 is 7.09. The van der Waals surface area contributed by atoms with Gasteiger partial charge in [0, 0.05) is 43.7 Å². The number of rotatable bonds is 6. The summed E-state index contributed by atoms with van der Waals surface area (Å²) in [5.74, 6) is -0.0610. The molecule has 23 heavy (non-hydrogen) atoms. The number of hydrogen-bond acceptors (Lipinski definition) is 5. The second-order valence-electron chi connectivity index (χ2n) is 5.45. The van der Waals surface area contributed by atoms with Gasteiger partial charge in [0.15, 0.2) is 0 Å². The lowest BCUT2D eigenvalue weighted by Gasteiger charge is -2.26. The van der Waals surface area contributed by atoms with Gasteiger partial charge in [0.25, 0.3) is 5.91 Å². The molecular formula is C16H22N4O2S. The molecule has 3 heterocycles. The van der Waals surface area contributed by atoms with Crippen molar-refractivity contribution in [3.8, 4) is 11.3 Å². The Kier molecular flexibility index (Phi) is 5.43. The van der Waals surface area contributed by atoms with Crippen molar-refractivity contribution in [3.63, 3.8) is 0 Å². The third kappa shape index (κ3) is 3.99. The van der Waals surface area contributed by atoms with Crippen molar-refractivity contribution in [1.29, 1.82) is 0 Å². The van der Waals surface area contributed by atoms with Crippen molar-refractivity contribution in [2.24, 2.45) is 0 Å². The highest BCUT2D eigenvalue weighted by atomic mass is 32.1. The third-order valence-corrected chi connectivity index (χ3v) is 4.63. The molecule has 2 aromatic heterocycles. The summed E-state index contributed by atoms with van der Waals surface area (Å²) in [5.41, 5.74) is 2.53. The zero-order valence-corrected chi connectivity index (χ0v) is 14.1. The molecule has 124 valence electrons. The molecule has 1 fully saturated rings. The van der Waals surface area contributed by atoms with Gasteiger partial charge in [0.1, 0.15) is 5.69 Å². The molecule has 0 atom stereocenters.